The van der Waals surface area contributed by atoms with E-state index in [1.54, 1.807) is 10.9 Å². The van der Waals surface area contributed by atoms with Gasteiger partial charge >= 0.3 is 5.97 Å². The van der Waals surface area contributed by atoms with E-state index in [9.17, 15) is 4.79 Å². The van der Waals surface area contributed by atoms with Gasteiger partial charge in [0.05, 0.1) is 19.0 Å². The van der Waals surface area contributed by atoms with E-state index in [1.165, 1.54) is 12.7 Å². The Labute approximate surface area is 153 Å². The Hall–Kier alpha value is -3.08. The second-order valence-corrected chi connectivity index (χ2v) is 6.30. The van der Waals surface area contributed by atoms with Crippen LogP contribution in [0.3, 0.4) is 0 Å². The minimum Gasteiger partial charge on any atom is -0.493 e. The lowest BCUT2D eigenvalue weighted by Crippen LogP contribution is -2.08. The molecule has 3 rings (SSSR count). The highest BCUT2D eigenvalue weighted by Crippen LogP contribution is 2.21. The van der Waals surface area contributed by atoms with E-state index < -0.39 is 5.97 Å². The van der Waals surface area contributed by atoms with Crippen molar-refractivity contribution in [1.29, 1.82) is 0 Å². The Morgan fingerprint density at radius 3 is 2.38 bits per heavy atom. The lowest BCUT2D eigenvalue weighted by Gasteiger charge is -2.07. The Morgan fingerprint density at radius 1 is 1.08 bits per heavy atom. The molecule has 5 heteroatoms. The Kier molecular flexibility index (Phi) is 5.37. The van der Waals surface area contributed by atoms with Gasteiger partial charge in [0.15, 0.2) is 5.75 Å². The van der Waals surface area contributed by atoms with Crippen LogP contribution in [-0.2, 0) is 11.3 Å². The molecule has 0 saturated heterocycles. The molecule has 0 aliphatic heterocycles. The lowest BCUT2D eigenvalue weighted by atomic mass is 10.0. The van der Waals surface area contributed by atoms with Gasteiger partial charge in [-0.2, -0.15) is 5.10 Å². The van der Waals surface area contributed by atoms with Gasteiger partial charge in [-0.15, -0.1) is 0 Å². The molecule has 0 N–H and O–H groups in total. The molecule has 1 aromatic heterocycles. The van der Waals surface area contributed by atoms with Crippen molar-refractivity contribution in [2.24, 2.45) is 0 Å². The third-order valence-electron chi connectivity index (χ3n) is 4.13. The highest BCUT2D eigenvalue weighted by atomic mass is 16.5. The molecule has 0 fully saturated rings. The molecular weight excluding hydrogens is 328 g/mol. The van der Waals surface area contributed by atoms with Gasteiger partial charge in [-0.1, -0.05) is 56.3 Å². The number of carbonyl (C=O) groups excluding carboxylic acids is 1. The first kappa shape index (κ1) is 17.7. The van der Waals surface area contributed by atoms with Crippen molar-refractivity contribution in [3.05, 3.63) is 77.6 Å². The monoisotopic (exact) mass is 350 g/mol. The predicted octanol–water partition coefficient (Wildman–Crippen LogP) is 4.36. The molecule has 0 radical (unpaired) electrons. The SMILES string of the molecule is COc1cn(-c2ccccc2)nc1C(=O)OCc1ccc(C(C)C)cc1. The molecule has 0 aliphatic rings. The Bertz CT molecular complexity index is 868. The number of benzene rings is 2. The predicted molar refractivity (Wildman–Crippen MR) is 99.8 cm³/mol. The zero-order chi connectivity index (χ0) is 18.5. The normalized spacial score (nSPS) is 10.8. The van der Waals surface area contributed by atoms with Gasteiger partial charge in [0.1, 0.15) is 6.61 Å². The third kappa shape index (κ3) is 3.94. The maximum Gasteiger partial charge on any atom is 0.363 e. The molecular formula is C21H22N2O3. The van der Waals surface area contributed by atoms with Crippen LogP contribution in [0.4, 0.5) is 0 Å². The number of ether oxygens (including phenoxy) is 2. The summed E-state index contributed by atoms with van der Waals surface area (Å²) in [6.45, 7) is 4.48. The highest BCUT2D eigenvalue weighted by Gasteiger charge is 2.20. The number of hydrogen-bond donors (Lipinski definition) is 0. The molecule has 0 bridgehead atoms. The van der Waals surface area contributed by atoms with E-state index in [1.807, 2.05) is 42.5 Å². The van der Waals surface area contributed by atoms with Gasteiger partial charge in [0.25, 0.3) is 0 Å². The Balaban J connectivity index is 1.72. The molecule has 134 valence electrons. The van der Waals surface area contributed by atoms with Gasteiger partial charge in [-0.25, -0.2) is 9.48 Å². The number of aromatic nitrogens is 2. The van der Waals surface area contributed by atoms with Crippen LogP contribution in [-0.4, -0.2) is 22.9 Å². The fourth-order valence-corrected chi connectivity index (χ4v) is 2.58. The van der Waals surface area contributed by atoms with Crippen molar-refractivity contribution >= 4 is 5.97 Å². The van der Waals surface area contributed by atoms with E-state index in [0.29, 0.717) is 11.7 Å². The average molecular weight is 350 g/mol. The summed E-state index contributed by atoms with van der Waals surface area (Å²) >= 11 is 0. The minimum atomic E-state index is -0.510. The maximum absolute atomic E-state index is 12.4. The zero-order valence-corrected chi connectivity index (χ0v) is 15.2. The van der Waals surface area contributed by atoms with Crippen LogP contribution in [0.15, 0.2) is 60.8 Å². The van der Waals surface area contributed by atoms with Gasteiger partial charge in [-0.3, -0.25) is 0 Å². The lowest BCUT2D eigenvalue weighted by molar-refractivity contribution is 0.0461. The van der Waals surface area contributed by atoms with E-state index in [4.69, 9.17) is 9.47 Å². The van der Waals surface area contributed by atoms with Crippen LogP contribution in [0.5, 0.6) is 5.75 Å². The maximum atomic E-state index is 12.4. The van der Waals surface area contributed by atoms with Gasteiger partial charge < -0.3 is 9.47 Å². The molecule has 0 atom stereocenters. The van der Waals surface area contributed by atoms with Crippen molar-refractivity contribution < 1.29 is 14.3 Å². The summed E-state index contributed by atoms with van der Waals surface area (Å²) in [5.41, 5.74) is 3.19. The van der Waals surface area contributed by atoms with E-state index in [-0.39, 0.29) is 12.3 Å². The summed E-state index contributed by atoms with van der Waals surface area (Å²) in [4.78, 5) is 12.4. The summed E-state index contributed by atoms with van der Waals surface area (Å²) in [7, 11) is 1.51. The molecule has 0 spiro atoms. The number of para-hydroxylation sites is 1. The highest BCUT2D eigenvalue weighted by molar-refractivity contribution is 5.90. The van der Waals surface area contributed by atoms with Crippen LogP contribution in [0, 0.1) is 0 Å². The van der Waals surface area contributed by atoms with Gasteiger partial charge in [-0.05, 0) is 29.2 Å². The number of hydrogen-bond acceptors (Lipinski definition) is 4. The van der Waals surface area contributed by atoms with Crippen LogP contribution < -0.4 is 4.74 Å². The van der Waals surface area contributed by atoms with Crippen molar-refractivity contribution in [2.75, 3.05) is 7.11 Å². The van der Waals surface area contributed by atoms with Gasteiger partial charge in [0, 0.05) is 0 Å². The molecule has 0 unspecified atom stereocenters. The topological polar surface area (TPSA) is 53.4 Å². The minimum absolute atomic E-state index is 0.162. The fourth-order valence-electron chi connectivity index (χ4n) is 2.58. The van der Waals surface area contributed by atoms with E-state index in [2.05, 4.69) is 31.1 Å². The molecule has 26 heavy (non-hydrogen) atoms. The summed E-state index contributed by atoms with van der Waals surface area (Å²) in [5.74, 6) is 0.344. The first-order valence-electron chi connectivity index (χ1n) is 8.53. The van der Waals surface area contributed by atoms with Crippen LogP contribution in [0.1, 0.15) is 41.4 Å². The largest absolute Gasteiger partial charge is 0.493 e. The smallest absolute Gasteiger partial charge is 0.363 e. The summed E-state index contributed by atoms with van der Waals surface area (Å²) in [5, 5.41) is 4.32. The second kappa shape index (κ2) is 7.87. The number of methoxy groups -OCH3 is 1. The van der Waals surface area contributed by atoms with Crippen molar-refractivity contribution in [1.82, 2.24) is 9.78 Å². The Morgan fingerprint density at radius 2 is 1.77 bits per heavy atom. The van der Waals surface area contributed by atoms with Gasteiger partial charge in [0.2, 0.25) is 5.69 Å². The van der Waals surface area contributed by atoms with Crippen LogP contribution in [0.2, 0.25) is 0 Å². The average Bonchev–Trinajstić information content (AvgIpc) is 3.11. The van der Waals surface area contributed by atoms with Crippen molar-refractivity contribution in [2.45, 2.75) is 26.4 Å². The molecule has 2 aromatic carbocycles. The fraction of sp³-hybridized carbons (Fsp3) is 0.238. The number of rotatable bonds is 6. The summed E-state index contributed by atoms with van der Waals surface area (Å²) in [6, 6.07) is 17.6. The number of carbonyl (C=O) groups is 1. The van der Waals surface area contributed by atoms with Crippen LogP contribution >= 0.6 is 0 Å². The quantitative estimate of drug-likeness (QED) is 0.620. The molecule has 0 aliphatic carbocycles. The third-order valence-corrected chi connectivity index (χ3v) is 4.13. The standard InChI is InChI=1S/C21H22N2O3/c1-15(2)17-11-9-16(10-12-17)14-26-21(24)20-19(25-3)13-23(22-20)18-7-5-4-6-8-18/h4-13,15H,14H2,1-3H3. The number of esters is 1. The first-order chi connectivity index (χ1) is 12.6. The molecule has 0 saturated carbocycles. The van der Waals surface area contributed by atoms with Crippen molar-refractivity contribution in [3.8, 4) is 11.4 Å². The number of nitrogens with zero attached hydrogens (tertiary/aromatic N) is 2. The van der Waals surface area contributed by atoms with Crippen LogP contribution in [0.25, 0.3) is 5.69 Å². The first-order valence-corrected chi connectivity index (χ1v) is 8.53. The second-order valence-electron chi connectivity index (χ2n) is 6.30. The zero-order valence-electron chi connectivity index (χ0n) is 15.2. The van der Waals surface area contributed by atoms with Crippen molar-refractivity contribution in [3.63, 3.8) is 0 Å². The molecule has 3 aromatic rings. The van der Waals surface area contributed by atoms with E-state index in [0.717, 1.165) is 11.3 Å². The summed E-state index contributed by atoms with van der Waals surface area (Å²) in [6.07, 6.45) is 1.67. The summed E-state index contributed by atoms with van der Waals surface area (Å²) < 4.78 is 12.3. The van der Waals surface area contributed by atoms with E-state index >= 15 is 0 Å². The molecule has 1 heterocycles. The molecule has 5 nitrogen and oxygen atoms in total. The molecule has 0 amide bonds.